The van der Waals surface area contributed by atoms with Crippen molar-refractivity contribution in [1.82, 2.24) is 19.9 Å². The highest BCUT2D eigenvalue weighted by Crippen LogP contribution is 2.25. The number of nitrogens with two attached hydrogens (primary N) is 1. The van der Waals surface area contributed by atoms with Crippen LogP contribution in [0.2, 0.25) is 0 Å². The van der Waals surface area contributed by atoms with Gasteiger partial charge in [0.05, 0.1) is 32.1 Å². The molecule has 1 saturated heterocycles. The zero-order valence-electron chi connectivity index (χ0n) is 16.4. The predicted octanol–water partition coefficient (Wildman–Crippen LogP) is 0.452. The summed E-state index contributed by atoms with van der Waals surface area (Å²) in [5, 5.41) is 0. The van der Waals surface area contributed by atoms with E-state index in [-0.39, 0.29) is 5.95 Å². The van der Waals surface area contributed by atoms with Crippen LogP contribution in [0, 0.1) is 0 Å². The Bertz CT molecular complexity index is 730. The van der Waals surface area contributed by atoms with Gasteiger partial charge in [-0.05, 0) is 0 Å². The minimum atomic E-state index is 0.230. The fourth-order valence-electron chi connectivity index (χ4n) is 2.85. The molecule has 0 amide bonds. The molecular formula is C18H27N7O3. The Morgan fingerprint density at radius 2 is 1.71 bits per heavy atom. The van der Waals surface area contributed by atoms with Crippen LogP contribution in [0.5, 0.6) is 0 Å². The molecule has 1 aliphatic rings. The fraction of sp³-hybridized carbons (Fsp3) is 0.556. The van der Waals surface area contributed by atoms with Gasteiger partial charge in [-0.25, -0.2) is 15.0 Å². The number of morpholine rings is 1. The van der Waals surface area contributed by atoms with Crippen LogP contribution < -0.4 is 15.5 Å². The number of rotatable bonds is 9. The van der Waals surface area contributed by atoms with E-state index in [1.54, 1.807) is 26.6 Å². The van der Waals surface area contributed by atoms with Gasteiger partial charge in [-0.15, -0.1) is 0 Å². The quantitative estimate of drug-likeness (QED) is 0.649. The molecule has 0 unspecified atom stereocenters. The summed E-state index contributed by atoms with van der Waals surface area (Å²) < 4.78 is 16.0. The standard InChI is InChI=1S/C18H27N7O3/c1-26-7-3-24(4-8-27-2)16-11-15(14-12-20-17(19)21-13-14)22-18(23-16)25-5-9-28-10-6-25/h11-13H,3-10H2,1-2H3,(H2,19,20,21). The van der Waals surface area contributed by atoms with Crippen molar-refractivity contribution >= 4 is 17.7 Å². The van der Waals surface area contributed by atoms with E-state index in [4.69, 9.17) is 29.9 Å². The molecule has 1 fully saturated rings. The Morgan fingerprint density at radius 1 is 1.07 bits per heavy atom. The number of ether oxygens (including phenoxy) is 3. The van der Waals surface area contributed by atoms with Crippen molar-refractivity contribution in [2.24, 2.45) is 0 Å². The molecule has 0 bridgehead atoms. The highest BCUT2D eigenvalue weighted by Gasteiger charge is 2.19. The van der Waals surface area contributed by atoms with Crippen molar-refractivity contribution in [1.29, 1.82) is 0 Å². The molecule has 0 saturated carbocycles. The Balaban J connectivity index is 1.98. The first-order valence-electron chi connectivity index (χ1n) is 9.23. The van der Waals surface area contributed by atoms with E-state index in [2.05, 4.69) is 19.8 Å². The lowest BCUT2D eigenvalue weighted by atomic mass is 10.2. The third kappa shape index (κ3) is 5.24. The lowest BCUT2D eigenvalue weighted by Gasteiger charge is -2.29. The molecule has 0 spiro atoms. The third-order valence-electron chi connectivity index (χ3n) is 4.42. The van der Waals surface area contributed by atoms with Crippen LogP contribution >= 0.6 is 0 Å². The van der Waals surface area contributed by atoms with Gasteiger partial charge in [0.25, 0.3) is 0 Å². The maximum Gasteiger partial charge on any atom is 0.228 e. The number of nitrogens with zero attached hydrogens (tertiary/aromatic N) is 6. The Kier molecular flexibility index (Phi) is 7.29. The Labute approximate surface area is 164 Å². The molecule has 0 atom stereocenters. The SMILES string of the molecule is COCCN(CCOC)c1cc(-c2cnc(N)nc2)nc(N2CCOCC2)n1. The predicted molar refractivity (Wildman–Crippen MR) is 106 cm³/mol. The minimum Gasteiger partial charge on any atom is -0.383 e. The third-order valence-corrected chi connectivity index (χ3v) is 4.42. The molecule has 1 aliphatic heterocycles. The first-order valence-corrected chi connectivity index (χ1v) is 9.23. The fourth-order valence-corrected chi connectivity index (χ4v) is 2.85. The second-order valence-corrected chi connectivity index (χ2v) is 6.31. The highest BCUT2D eigenvalue weighted by molar-refractivity contribution is 5.64. The molecule has 152 valence electrons. The molecule has 3 heterocycles. The number of nitrogen functional groups attached to an aromatic ring is 1. The van der Waals surface area contributed by atoms with Crippen molar-refractivity contribution < 1.29 is 14.2 Å². The maximum atomic E-state index is 5.63. The molecular weight excluding hydrogens is 362 g/mol. The summed E-state index contributed by atoms with van der Waals surface area (Å²) in [5.74, 6) is 1.69. The van der Waals surface area contributed by atoms with Gasteiger partial charge in [0.1, 0.15) is 5.82 Å². The first kappa shape index (κ1) is 20.2. The number of anilines is 3. The maximum absolute atomic E-state index is 5.63. The Morgan fingerprint density at radius 3 is 2.32 bits per heavy atom. The molecule has 2 aromatic rings. The zero-order valence-corrected chi connectivity index (χ0v) is 16.4. The van der Waals surface area contributed by atoms with E-state index in [1.165, 1.54) is 0 Å². The van der Waals surface area contributed by atoms with E-state index >= 15 is 0 Å². The van der Waals surface area contributed by atoms with Gasteiger partial charge in [0.15, 0.2) is 0 Å². The Hall–Kier alpha value is -2.56. The van der Waals surface area contributed by atoms with Crippen LogP contribution in [-0.2, 0) is 14.2 Å². The van der Waals surface area contributed by atoms with Crippen molar-refractivity contribution in [3.63, 3.8) is 0 Å². The van der Waals surface area contributed by atoms with Crippen molar-refractivity contribution in [2.75, 3.05) is 82.4 Å². The summed E-state index contributed by atoms with van der Waals surface area (Å²) in [6, 6.07) is 1.93. The van der Waals surface area contributed by atoms with E-state index in [9.17, 15) is 0 Å². The number of hydrogen-bond acceptors (Lipinski definition) is 10. The van der Waals surface area contributed by atoms with E-state index in [0.717, 1.165) is 30.2 Å². The minimum absolute atomic E-state index is 0.230. The summed E-state index contributed by atoms with van der Waals surface area (Å²) in [7, 11) is 3.37. The summed E-state index contributed by atoms with van der Waals surface area (Å²) in [4.78, 5) is 22.0. The second-order valence-electron chi connectivity index (χ2n) is 6.31. The van der Waals surface area contributed by atoms with E-state index in [0.29, 0.717) is 45.5 Å². The molecule has 0 radical (unpaired) electrons. The van der Waals surface area contributed by atoms with Crippen LogP contribution in [0.25, 0.3) is 11.3 Å². The van der Waals surface area contributed by atoms with Crippen molar-refractivity contribution in [2.45, 2.75) is 0 Å². The number of methoxy groups -OCH3 is 2. The van der Waals surface area contributed by atoms with Gasteiger partial charge in [-0.1, -0.05) is 0 Å². The van der Waals surface area contributed by atoms with Crippen LogP contribution in [0.4, 0.5) is 17.7 Å². The lowest BCUT2D eigenvalue weighted by molar-refractivity contribution is 0.122. The monoisotopic (exact) mass is 389 g/mol. The van der Waals surface area contributed by atoms with Crippen molar-refractivity contribution in [3.8, 4) is 11.3 Å². The normalized spacial score (nSPS) is 14.3. The van der Waals surface area contributed by atoms with Crippen LogP contribution in [0.1, 0.15) is 0 Å². The van der Waals surface area contributed by atoms with Gasteiger partial charge >= 0.3 is 0 Å². The van der Waals surface area contributed by atoms with Crippen LogP contribution in [-0.4, -0.2) is 86.8 Å². The number of hydrogen-bond donors (Lipinski definition) is 1. The second kappa shape index (κ2) is 10.1. The molecule has 3 rings (SSSR count). The lowest BCUT2D eigenvalue weighted by Crippen LogP contribution is -2.38. The van der Waals surface area contributed by atoms with E-state index < -0.39 is 0 Å². The van der Waals surface area contributed by atoms with Gasteiger partial charge in [-0.3, -0.25) is 0 Å². The molecule has 2 aromatic heterocycles. The summed E-state index contributed by atoms with van der Waals surface area (Å²) in [5.41, 5.74) is 7.15. The summed E-state index contributed by atoms with van der Waals surface area (Å²) >= 11 is 0. The number of aromatic nitrogens is 4. The van der Waals surface area contributed by atoms with Crippen LogP contribution in [0.3, 0.4) is 0 Å². The van der Waals surface area contributed by atoms with Crippen molar-refractivity contribution in [3.05, 3.63) is 18.5 Å². The smallest absolute Gasteiger partial charge is 0.228 e. The molecule has 0 aliphatic carbocycles. The summed E-state index contributed by atoms with van der Waals surface area (Å²) in [6.45, 7) is 5.36. The molecule has 0 aromatic carbocycles. The molecule has 10 heteroatoms. The van der Waals surface area contributed by atoms with Gasteiger partial charge in [0.2, 0.25) is 11.9 Å². The van der Waals surface area contributed by atoms with E-state index in [1.807, 2.05) is 6.07 Å². The topological polar surface area (TPSA) is 112 Å². The van der Waals surface area contributed by atoms with Gasteiger partial charge in [-0.2, -0.15) is 4.98 Å². The molecule has 10 nitrogen and oxygen atoms in total. The average molecular weight is 389 g/mol. The summed E-state index contributed by atoms with van der Waals surface area (Å²) in [6.07, 6.45) is 3.35. The zero-order chi connectivity index (χ0) is 19.8. The average Bonchev–Trinajstić information content (AvgIpc) is 2.74. The highest BCUT2D eigenvalue weighted by atomic mass is 16.5. The molecule has 2 N–H and O–H groups in total. The molecule has 28 heavy (non-hydrogen) atoms. The first-order chi connectivity index (χ1) is 13.7. The van der Waals surface area contributed by atoms with Gasteiger partial charge in [0, 0.05) is 64.4 Å². The largest absolute Gasteiger partial charge is 0.383 e. The van der Waals surface area contributed by atoms with Gasteiger partial charge < -0.3 is 29.7 Å². The van der Waals surface area contributed by atoms with Crippen LogP contribution in [0.15, 0.2) is 18.5 Å².